The largest absolute Gasteiger partial charge is 0.466 e. The molecule has 1 aromatic rings. The SMILES string of the molecule is CCOC(=O)C1CCN([C@@H](C)c2nc(CC)no2)CC1. The van der Waals surface area contributed by atoms with E-state index in [2.05, 4.69) is 22.0 Å². The van der Waals surface area contributed by atoms with E-state index >= 15 is 0 Å². The minimum atomic E-state index is -0.0640. The van der Waals surface area contributed by atoms with E-state index in [1.807, 2.05) is 13.8 Å². The lowest BCUT2D eigenvalue weighted by Crippen LogP contribution is -2.38. The second-order valence-corrected chi connectivity index (χ2v) is 5.14. The standard InChI is InChI=1S/C14H23N3O3/c1-4-12-15-13(20-16-12)10(3)17-8-6-11(7-9-17)14(18)19-5-2/h10-11H,4-9H2,1-3H3/t10-/m0/s1. The van der Waals surface area contributed by atoms with Gasteiger partial charge in [-0.2, -0.15) is 4.98 Å². The topological polar surface area (TPSA) is 68.5 Å². The van der Waals surface area contributed by atoms with Gasteiger partial charge in [-0.3, -0.25) is 9.69 Å². The summed E-state index contributed by atoms with van der Waals surface area (Å²) in [5.74, 6) is 1.38. The molecule has 1 aromatic heterocycles. The van der Waals surface area contributed by atoms with Crippen LogP contribution >= 0.6 is 0 Å². The molecule has 2 rings (SSSR count). The summed E-state index contributed by atoms with van der Waals surface area (Å²) < 4.78 is 10.4. The summed E-state index contributed by atoms with van der Waals surface area (Å²) in [5.41, 5.74) is 0. The maximum absolute atomic E-state index is 11.7. The Morgan fingerprint density at radius 3 is 2.70 bits per heavy atom. The van der Waals surface area contributed by atoms with E-state index < -0.39 is 0 Å². The Morgan fingerprint density at radius 2 is 2.15 bits per heavy atom. The van der Waals surface area contributed by atoms with E-state index in [1.54, 1.807) is 0 Å². The first-order valence-electron chi connectivity index (χ1n) is 7.38. The molecule has 1 fully saturated rings. The van der Waals surface area contributed by atoms with Crippen molar-refractivity contribution in [3.63, 3.8) is 0 Å². The number of hydrogen-bond acceptors (Lipinski definition) is 6. The number of esters is 1. The van der Waals surface area contributed by atoms with Crippen molar-refractivity contribution in [2.75, 3.05) is 19.7 Å². The van der Waals surface area contributed by atoms with Crippen LogP contribution < -0.4 is 0 Å². The molecule has 6 heteroatoms. The van der Waals surface area contributed by atoms with Gasteiger partial charge in [-0.1, -0.05) is 12.1 Å². The van der Waals surface area contributed by atoms with Gasteiger partial charge in [0, 0.05) is 6.42 Å². The van der Waals surface area contributed by atoms with Crippen molar-refractivity contribution in [3.8, 4) is 0 Å². The highest BCUT2D eigenvalue weighted by molar-refractivity contribution is 5.72. The summed E-state index contributed by atoms with van der Waals surface area (Å²) in [6, 6.07) is 0.103. The summed E-state index contributed by atoms with van der Waals surface area (Å²) in [6.07, 6.45) is 2.44. The van der Waals surface area contributed by atoms with Crippen LogP contribution in [-0.2, 0) is 16.0 Å². The quantitative estimate of drug-likeness (QED) is 0.769. The Labute approximate surface area is 119 Å². The molecule has 1 atom stereocenters. The molecule has 0 amide bonds. The van der Waals surface area contributed by atoms with Crippen LogP contribution in [0.1, 0.15) is 51.4 Å². The van der Waals surface area contributed by atoms with Crippen LogP contribution in [0.4, 0.5) is 0 Å². The Balaban J connectivity index is 1.88. The van der Waals surface area contributed by atoms with Gasteiger partial charge < -0.3 is 9.26 Å². The number of carbonyl (C=O) groups excluding carboxylic acids is 1. The number of aromatic nitrogens is 2. The number of nitrogens with zero attached hydrogens (tertiary/aromatic N) is 3. The highest BCUT2D eigenvalue weighted by atomic mass is 16.5. The lowest BCUT2D eigenvalue weighted by atomic mass is 9.96. The molecule has 1 saturated heterocycles. The van der Waals surface area contributed by atoms with Crippen molar-refractivity contribution < 1.29 is 14.1 Å². The molecule has 112 valence electrons. The molecule has 0 radical (unpaired) electrons. The van der Waals surface area contributed by atoms with Gasteiger partial charge >= 0.3 is 5.97 Å². The average Bonchev–Trinajstić information content (AvgIpc) is 2.96. The smallest absolute Gasteiger partial charge is 0.309 e. The van der Waals surface area contributed by atoms with Crippen LogP contribution in [0.3, 0.4) is 0 Å². The fourth-order valence-electron chi connectivity index (χ4n) is 2.52. The molecule has 0 aromatic carbocycles. The first kappa shape index (κ1) is 15.0. The third-order valence-corrected chi connectivity index (χ3v) is 3.85. The number of rotatable bonds is 5. The zero-order chi connectivity index (χ0) is 14.5. The number of carbonyl (C=O) groups is 1. The Morgan fingerprint density at radius 1 is 1.45 bits per heavy atom. The average molecular weight is 281 g/mol. The lowest BCUT2D eigenvalue weighted by Gasteiger charge is -2.33. The molecule has 2 heterocycles. The molecule has 0 aliphatic carbocycles. The van der Waals surface area contributed by atoms with Crippen molar-refractivity contribution in [3.05, 3.63) is 11.7 Å². The van der Waals surface area contributed by atoms with Crippen LogP contribution in [0.5, 0.6) is 0 Å². The zero-order valence-corrected chi connectivity index (χ0v) is 12.5. The third-order valence-electron chi connectivity index (χ3n) is 3.85. The van der Waals surface area contributed by atoms with Gasteiger partial charge in [-0.05, 0) is 39.8 Å². The van der Waals surface area contributed by atoms with Gasteiger partial charge in [-0.25, -0.2) is 0 Å². The van der Waals surface area contributed by atoms with E-state index in [4.69, 9.17) is 9.26 Å². The Bertz CT molecular complexity index is 439. The van der Waals surface area contributed by atoms with Crippen molar-refractivity contribution >= 4 is 5.97 Å². The molecule has 0 N–H and O–H groups in total. The van der Waals surface area contributed by atoms with Crippen molar-refractivity contribution in [1.82, 2.24) is 15.0 Å². The molecular formula is C14H23N3O3. The summed E-state index contributed by atoms with van der Waals surface area (Å²) in [5, 5.41) is 3.93. The fraction of sp³-hybridized carbons (Fsp3) is 0.786. The lowest BCUT2D eigenvalue weighted by molar-refractivity contribution is -0.149. The fourth-order valence-corrected chi connectivity index (χ4v) is 2.52. The van der Waals surface area contributed by atoms with Crippen molar-refractivity contribution in [2.45, 2.75) is 46.1 Å². The number of ether oxygens (including phenoxy) is 1. The number of aryl methyl sites for hydroxylation is 1. The monoisotopic (exact) mass is 281 g/mol. The van der Waals surface area contributed by atoms with Crippen LogP contribution in [0.2, 0.25) is 0 Å². The number of likely N-dealkylation sites (tertiary alicyclic amines) is 1. The normalized spacial score (nSPS) is 18.9. The summed E-state index contributed by atoms with van der Waals surface area (Å²) in [7, 11) is 0. The maximum Gasteiger partial charge on any atom is 0.309 e. The first-order chi connectivity index (χ1) is 9.65. The van der Waals surface area contributed by atoms with E-state index in [0.29, 0.717) is 12.5 Å². The van der Waals surface area contributed by atoms with E-state index in [-0.39, 0.29) is 17.9 Å². The van der Waals surface area contributed by atoms with E-state index in [9.17, 15) is 4.79 Å². The van der Waals surface area contributed by atoms with Crippen molar-refractivity contribution in [1.29, 1.82) is 0 Å². The predicted octanol–water partition coefficient (Wildman–Crippen LogP) is 1.97. The van der Waals surface area contributed by atoms with E-state index in [1.165, 1.54) is 0 Å². The van der Waals surface area contributed by atoms with E-state index in [0.717, 1.165) is 38.2 Å². The third kappa shape index (κ3) is 3.36. The van der Waals surface area contributed by atoms with Gasteiger partial charge in [0.1, 0.15) is 0 Å². The summed E-state index contributed by atoms with van der Waals surface area (Å²) >= 11 is 0. The van der Waals surface area contributed by atoms with Gasteiger partial charge in [-0.15, -0.1) is 0 Å². The molecule has 6 nitrogen and oxygen atoms in total. The maximum atomic E-state index is 11.7. The Hall–Kier alpha value is -1.43. The minimum absolute atomic E-state index is 0.0345. The van der Waals surface area contributed by atoms with Crippen LogP contribution in [0.15, 0.2) is 4.52 Å². The van der Waals surface area contributed by atoms with Gasteiger partial charge in [0.15, 0.2) is 5.82 Å². The highest BCUT2D eigenvalue weighted by Gasteiger charge is 2.30. The molecule has 0 saturated carbocycles. The molecule has 1 aliphatic rings. The molecule has 0 spiro atoms. The summed E-state index contributed by atoms with van der Waals surface area (Å²) in [4.78, 5) is 18.4. The molecule has 0 bridgehead atoms. The second-order valence-electron chi connectivity index (χ2n) is 5.14. The summed E-state index contributed by atoms with van der Waals surface area (Å²) in [6.45, 7) is 8.08. The number of piperidine rings is 1. The first-order valence-corrected chi connectivity index (χ1v) is 7.38. The van der Waals surface area contributed by atoms with Crippen LogP contribution in [0, 0.1) is 5.92 Å². The predicted molar refractivity (Wildman–Crippen MR) is 73.0 cm³/mol. The van der Waals surface area contributed by atoms with Crippen molar-refractivity contribution in [2.24, 2.45) is 5.92 Å². The molecular weight excluding hydrogens is 258 g/mol. The van der Waals surface area contributed by atoms with Gasteiger partial charge in [0.05, 0.1) is 18.6 Å². The van der Waals surface area contributed by atoms with Crippen LogP contribution in [-0.4, -0.2) is 40.7 Å². The molecule has 20 heavy (non-hydrogen) atoms. The zero-order valence-electron chi connectivity index (χ0n) is 12.5. The second kappa shape index (κ2) is 6.83. The van der Waals surface area contributed by atoms with Gasteiger partial charge in [0.2, 0.25) is 5.89 Å². The van der Waals surface area contributed by atoms with Gasteiger partial charge in [0.25, 0.3) is 0 Å². The number of hydrogen-bond donors (Lipinski definition) is 0. The Kier molecular flexibility index (Phi) is 5.11. The minimum Gasteiger partial charge on any atom is -0.466 e. The molecule has 1 aliphatic heterocycles. The highest BCUT2D eigenvalue weighted by Crippen LogP contribution is 2.26. The molecule has 0 unspecified atom stereocenters. The van der Waals surface area contributed by atoms with Crippen LogP contribution in [0.25, 0.3) is 0 Å².